The van der Waals surface area contributed by atoms with Crippen molar-refractivity contribution >= 4 is 19.7 Å². The van der Waals surface area contributed by atoms with Crippen LogP contribution in [0.4, 0.5) is 0 Å². The van der Waals surface area contributed by atoms with Gasteiger partial charge >= 0.3 is 0 Å². The first-order valence-electron chi connectivity index (χ1n) is 4.07. The van der Waals surface area contributed by atoms with Gasteiger partial charge in [0.15, 0.2) is 0 Å². The standard InChI is InChI=1S/C10H13OP/c1-9(11)7-8-12-10-5-3-2-4-6-10/h2-6,12H,7-8H2,1H3. The molecule has 0 radical (unpaired) electrons. The number of carbonyl (C=O) groups is 1. The molecule has 0 amide bonds. The van der Waals surface area contributed by atoms with Crippen molar-refractivity contribution < 1.29 is 4.79 Å². The SMILES string of the molecule is CC(=O)CCPc1ccccc1. The van der Waals surface area contributed by atoms with Crippen LogP contribution in [0.15, 0.2) is 30.3 Å². The molecule has 1 atom stereocenters. The van der Waals surface area contributed by atoms with Crippen molar-refractivity contribution in [2.45, 2.75) is 13.3 Å². The van der Waals surface area contributed by atoms with Crippen molar-refractivity contribution in [1.82, 2.24) is 0 Å². The van der Waals surface area contributed by atoms with Gasteiger partial charge in [0.2, 0.25) is 0 Å². The number of hydrogen-bond acceptors (Lipinski definition) is 1. The first-order chi connectivity index (χ1) is 5.79. The van der Waals surface area contributed by atoms with Crippen molar-refractivity contribution in [3.8, 4) is 0 Å². The van der Waals surface area contributed by atoms with Gasteiger partial charge in [-0.3, -0.25) is 0 Å². The maximum absolute atomic E-state index is 10.6. The molecule has 1 aromatic carbocycles. The third kappa shape index (κ3) is 3.64. The summed E-state index contributed by atoms with van der Waals surface area (Å²) in [6, 6.07) is 10.3. The Hall–Kier alpha value is -0.680. The molecule has 0 N–H and O–H groups in total. The van der Waals surface area contributed by atoms with E-state index in [0.717, 1.165) is 14.7 Å². The highest BCUT2D eigenvalue weighted by Gasteiger charge is 1.94. The van der Waals surface area contributed by atoms with Crippen LogP contribution in [0.2, 0.25) is 0 Å². The molecule has 0 bridgehead atoms. The minimum Gasteiger partial charge on any atom is -0.300 e. The van der Waals surface area contributed by atoms with E-state index >= 15 is 0 Å². The minimum atomic E-state index is 0.290. The molecular weight excluding hydrogens is 167 g/mol. The van der Waals surface area contributed by atoms with Crippen LogP contribution in [0.1, 0.15) is 13.3 Å². The van der Waals surface area contributed by atoms with Gasteiger partial charge in [0, 0.05) is 6.42 Å². The molecule has 0 heterocycles. The Labute approximate surface area is 75.0 Å². The molecule has 0 aromatic heterocycles. The summed E-state index contributed by atoms with van der Waals surface area (Å²) in [4.78, 5) is 10.6. The molecule has 0 spiro atoms. The van der Waals surface area contributed by atoms with E-state index in [2.05, 4.69) is 12.1 Å². The normalized spacial score (nSPS) is 10.8. The van der Waals surface area contributed by atoms with Crippen LogP contribution in [0.5, 0.6) is 0 Å². The molecule has 0 aliphatic heterocycles. The van der Waals surface area contributed by atoms with Gasteiger partial charge in [0.25, 0.3) is 0 Å². The Morgan fingerprint density at radius 1 is 1.33 bits per heavy atom. The van der Waals surface area contributed by atoms with Crippen molar-refractivity contribution in [1.29, 1.82) is 0 Å². The molecule has 1 rings (SSSR count). The van der Waals surface area contributed by atoms with Crippen LogP contribution in [-0.4, -0.2) is 11.9 Å². The van der Waals surface area contributed by atoms with E-state index in [1.54, 1.807) is 6.92 Å². The second-order valence-electron chi connectivity index (χ2n) is 2.74. The number of rotatable bonds is 4. The Kier molecular flexibility index (Phi) is 3.96. The van der Waals surface area contributed by atoms with E-state index in [0.29, 0.717) is 12.2 Å². The van der Waals surface area contributed by atoms with Gasteiger partial charge in [-0.15, -0.1) is 0 Å². The van der Waals surface area contributed by atoms with Crippen LogP contribution < -0.4 is 5.30 Å². The highest BCUT2D eigenvalue weighted by atomic mass is 31.1. The maximum Gasteiger partial charge on any atom is 0.130 e. The Morgan fingerprint density at radius 3 is 2.58 bits per heavy atom. The molecule has 1 nitrogen and oxygen atoms in total. The summed E-state index contributed by atoms with van der Waals surface area (Å²) in [6.07, 6.45) is 1.71. The molecule has 0 saturated carbocycles. The molecule has 0 saturated heterocycles. The summed E-state index contributed by atoms with van der Waals surface area (Å²) in [6.45, 7) is 1.65. The third-order valence-electron chi connectivity index (χ3n) is 1.58. The second-order valence-corrected chi connectivity index (χ2v) is 4.18. The van der Waals surface area contributed by atoms with E-state index in [1.807, 2.05) is 18.2 Å². The number of carbonyl (C=O) groups excluding carboxylic acids is 1. The zero-order valence-electron chi connectivity index (χ0n) is 7.21. The molecule has 0 fully saturated rings. The summed E-state index contributed by atoms with van der Waals surface area (Å²) in [7, 11) is 0.776. The van der Waals surface area contributed by atoms with Crippen molar-refractivity contribution in [3.63, 3.8) is 0 Å². The number of ketones is 1. The van der Waals surface area contributed by atoms with Gasteiger partial charge in [-0.2, -0.15) is 0 Å². The monoisotopic (exact) mass is 180 g/mol. The zero-order valence-corrected chi connectivity index (χ0v) is 8.21. The molecular formula is C10H13OP. The van der Waals surface area contributed by atoms with E-state index < -0.39 is 0 Å². The molecule has 64 valence electrons. The Balaban J connectivity index is 2.29. The smallest absolute Gasteiger partial charge is 0.130 e. The third-order valence-corrected chi connectivity index (χ3v) is 2.82. The van der Waals surface area contributed by atoms with Gasteiger partial charge in [0.1, 0.15) is 5.78 Å². The highest BCUT2D eigenvalue weighted by Crippen LogP contribution is 2.10. The molecule has 0 aliphatic carbocycles. The van der Waals surface area contributed by atoms with Gasteiger partial charge in [0.05, 0.1) is 0 Å². The van der Waals surface area contributed by atoms with E-state index in [1.165, 1.54) is 5.30 Å². The fraction of sp³-hybridized carbons (Fsp3) is 0.300. The first kappa shape index (κ1) is 9.41. The van der Waals surface area contributed by atoms with Gasteiger partial charge in [-0.25, -0.2) is 0 Å². The summed E-state index contributed by atoms with van der Waals surface area (Å²) in [5.41, 5.74) is 0. The van der Waals surface area contributed by atoms with E-state index in [4.69, 9.17) is 0 Å². The predicted octanol–water partition coefficient (Wildman–Crippen LogP) is 1.97. The minimum absolute atomic E-state index is 0.290. The van der Waals surface area contributed by atoms with Crippen LogP contribution in [-0.2, 0) is 4.79 Å². The summed E-state index contributed by atoms with van der Waals surface area (Å²) < 4.78 is 0. The van der Waals surface area contributed by atoms with Crippen LogP contribution >= 0.6 is 8.58 Å². The topological polar surface area (TPSA) is 17.1 Å². The lowest BCUT2D eigenvalue weighted by atomic mass is 10.4. The number of Topliss-reactive ketones (excluding diaryl/α,β-unsaturated/α-hetero) is 1. The molecule has 1 unspecified atom stereocenters. The lowest BCUT2D eigenvalue weighted by Crippen LogP contribution is -1.97. The second kappa shape index (κ2) is 5.05. The average Bonchev–Trinajstić information content (AvgIpc) is 2.05. The van der Waals surface area contributed by atoms with Gasteiger partial charge < -0.3 is 4.79 Å². The van der Waals surface area contributed by atoms with E-state index in [9.17, 15) is 4.79 Å². The Morgan fingerprint density at radius 2 is 2.00 bits per heavy atom. The lowest BCUT2D eigenvalue weighted by Gasteiger charge is -1.98. The molecule has 12 heavy (non-hydrogen) atoms. The Bertz CT molecular complexity index is 243. The summed E-state index contributed by atoms with van der Waals surface area (Å²) in [5.74, 6) is 0.290. The van der Waals surface area contributed by atoms with Crippen molar-refractivity contribution in [2.24, 2.45) is 0 Å². The molecule has 1 aromatic rings. The van der Waals surface area contributed by atoms with Gasteiger partial charge in [-0.05, 0) is 18.4 Å². The highest BCUT2D eigenvalue weighted by molar-refractivity contribution is 7.47. The van der Waals surface area contributed by atoms with Crippen LogP contribution in [0.3, 0.4) is 0 Å². The largest absolute Gasteiger partial charge is 0.300 e. The summed E-state index contributed by atoms with van der Waals surface area (Å²) in [5, 5.41) is 1.35. The van der Waals surface area contributed by atoms with Crippen molar-refractivity contribution in [2.75, 3.05) is 6.16 Å². The quantitative estimate of drug-likeness (QED) is 0.647. The van der Waals surface area contributed by atoms with E-state index in [-0.39, 0.29) is 0 Å². The van der Waals surface area contributed by atoms with Gasteiger partial charge in [-0.1, -0.05) is 38.9 Å². The molecule has 0 aliphatic rings. The zero-order chi connectivity index (χ0) is 8.81. The number of hydrogen-bond donors (Lipinski definition) is 0. The summed E-state index contributed by atoms with van der Waals surface area (Å²) >= 11 is 0. The first-order valence-corrected chi connectivity index (χ1v) is 5.28. The lowest BCUT2D eigenvalue weighted by molar-refractivity contribution is -0.116. The fourth-order valence-electron chi connectivity index (χ4n) is 0.939. The molecule has 2 heteroatoms. The predicted molar refractivity (Wildman–Crippen MR) is 54.6 cm³/mol. The van der Waals surface area contributed by atoms with Crippen molar-refractivity contribution in [3.05, 3.63) is 30.3 Å². The van der Waals surface area contributed by atoms with Crippen LogP contribution in [0.25, 0.3) is 0 Å². The van der Waals surface area contributed by atoms with Crippen LogP contribution in [0, 0.1) is 0 Å². The maximum atomic E-state index is 10.6. The number of benzene rings is 1. The average molecular weight is 180 g/mol. The fourth-order valence-corrected chi connectivity index (χ4v) is 2.13.